The summed E-state index contributed by atoms with van der Waals surface area (Å²) in [6, 6.07) is 19.6. The van der Waals surface area contributed by atoms with E-state index in [1.165, 1.54) is 11.1 Å². The molecule has 132 valence electrons. The molecule has 0 unspecified atom stereocenters. The van der Waals surface area contributed by atoms with Crippen molar-refractivity contribution in [2.24, 2.45) is 0 Å². The molecule has 1 amide bonds. The standard InChI is InChI=1S/C21H22N4O/c1-3-16-8-10-18(11-9-16)23-20-13-12-19(24-25-20)21(26)22-14-17-6-4-15(2)5-7-17/h4-13H,3,14H2,1-2H3,(H,22,26)(H,23,25). The quantitative estimate of drug-likeness (QED) is 0.707. The first kappa shape index (κ1) is 17.6. The number of carbonyl (C=O) groups is 1. The molecule has 0 atom stereocenters. The van der Waals surface area contributed by atoms with Gasteiger partial charge in [0, 0.05) is 12.2 Å². The van der Waals surface area contributed by atoms with E-state index in [1.807, 2.05) is 43.3 Å². The van der Waals surface area contributed by atoms with Crippen LogP contribution in [0.2, 0.25) is 0 Å². The van der Waals surface area contributed by atoms with E-state index in [0.29, 0.717) is 18.1 Å². The van der Waals surface area contributed by atoms with Gasteiger partial charge in [-0.25, -0.2) is 0 Å². The number of nitrogens with one attached hydrogen (secondary N) is 2. The minimum absolute atomic E-state index is 0.239. The predicted octanol–water partition coefficient (Wildman–Crippen LogP) is 4.02. The lowest BCUT2D eigenvalue weighted by molar-refractivity contribution is 0.0945. The summed E-state index contributed by atoms with van der Waals surface area (Å²) in [5, 5.41) is 14.1. The minimum atomic E-state index is -0.239. The Bertz CT molecular complexity index is 856. The molecule has 0 bridgehead atoms. The SMILES string of the molecule is CCc1ccc(Nc2ccc(C(=O)NCc3ccc(C)cc3)nn2)cc1. The molecule has 5 heteroatoms. The number of hydrogen-bond donors (Lipinski definition) is 2. The van der Waals surface area contributed by atoms with E-state index in [4.69, 9.17) is 0 Å². The molecular formula is C21H22N4O. The smallest absolute Gasteiger partial charge is 0.272 e. The molecule has 0 radical (unpaired) electrons. The zero-order valence-corrected chi connectivity index (χ0v) is 15.0. The second kappa shape index (κ2) is 8.25. The van der Waals surface area contributed by atoms with Crippen LogP contribution < -0.4 is 10.6 Å². The summed E-state index contributed by atoms with van der Waals surface area (Å²) in [6.07, 6.45) is 1.01. The van der Waals surface area contributed by atoms with Gasteiger partial charge in [-0.15, -0.1) is 10.2 Å². The van der Waals surface area contributed by atoms with Gasteiger partial charge in [-0.3, -0.25) is 4.79 Å². The fourth-order valence-electron chi connectivity index (χ4n) is 2.47. The molecule has 1 aromatic heterocycles. The van der Waals surface area contributed by atoms with E-state index < -0.39 is 0 Å². The Balaban J connectivity index is 1.57. The molecule has 26 heavy (non-hydrogen) atoms. The molecule has 5 nitrogen and oxygen atoms in total. The van der Waals surface area contributed by atoms with E-state index in [9.17, 15) is 4.79 Å². The van der Waals surface area contributed by atoms with Crippen molar-refractivity contribution in [2.75, 3.05) is 5.32 Å². The van der Waals surface area contributed by atoms with Crippen LogP contribution in [0.5, 0.6) is 0 Å². The zero-order chi connectivity index (χ0) is 18.4. The van der Waals surface area contributed by atoms with Crippen molar-refractivity contribution in [3.63, 3.8) is 0 Å². The van der Waals surface area contributed by atoms with Gasteiger partial charge in [0.2, 0.25) is 0 Å². The Morgan fingerprint density at radius 3 is 2.19 bits per heavy atom. The van der Waals surface area contributed by atoms with Crippen LogP contribution in [-0.4, -0.2) is 16.1 Å². The summed E-state index contributed by atoms with van der Waals surface area (Å²) in [4.78, 5) is 12.2. The topological polar surface area (TPSA) is 66.9 Å². The Morgan fingerprint density at radius 2 is 1.58 bits per heavy atom. The van der Waals surface area contributed by atoms with Gasteiger partial charge >= 0.3 is 0 Å². The van der Waals surface area contributed by atoms with Crippen LogP contribution in [0.25, 0.3) is 0 Å². The Kier molecular flexibility index (Phi) is 5.59. The average molecular weight is 346 g/mol. The van der Waals surface area contributed by atoms with Crippen LogP contribution in [-0.2, 0) is 13.0 Å². The number of amides is 1. The maximum absolute atomic E-state index is 12.2. The highest BCUT2D eigenvalue weighted by Gasteiger charge is 2.08. The van der Waals surface area contributed by atoms with Gasteiger partial charge in [-0.05, 0) is 48.7 Å². The molecule has 2 aromatic carbocycles. The number of carbonyl (C=O) groups excluding carboxylic acids is 1. The number of anilines is 2. The summed E-state index contributed by atoms with van der Waals surface area (Å²) in [5.41, 5.74) is 4.75. The lowest BCUT2D eigenvalue weighted by Gasteiger charge is -2.07. The van der Waals surface area contributed by atoms with E-state index >= 15 is 0 Å². The van der Waals surface area contributed by atoms with Crippen LogP contribution in [0.4, 0.5) is 11.5 Å². The normalized spacial score (nSPS) is 10.4. The first-order valence-electron chi connectivity index (χ1n) is 8.67. The van der Waals surface area contributed by atoms with Gasteiger partial charge < -0.3 is 10.6 Å². The summed E-state index contributed by atoms with van der Waals surface area (Å²) in [6.45, 7) is 4.62. The van der Waals surface area contributed by atoms with Gasteiger partial charge in [-0.2, -0.15) is 0 Å². The summed E-state index contributed by atoms with van der Waals surface area (Å²) in [7, 11) is 0. The minimum Gasteiger partial charge on any atom is -0.347 e. The molecule has 3 rings (SSSR count). The molecule has 2 N–H and O–H groups in total. The highest BCUT2D eigenvalue weighted by molar-refractivity contribution is 5.92. The van der Waals surface area contributed by atoms with Crippen LogP contribution in [0.1, 0.15) is 34.1 Å². The van der Waals surface area contributed by atoms with E-state index in [0.717, 1.165) is 17.7 Å². The summed E-state index contributed by atoms with van der Waals surface area (Å²) >= 11 is 0. The largest absolute Gasteiger partial charge is 0.347 e. The number of hydrogen-bond acceptors (Lipinski definition) is 4. The lowest BCUT2D eigenvalue weighted by atomic mass is 10.1. The molecule has 0 aliphatic carbocycles. The molecule has 1 heterocycles. The number of aryl methyl sites for hydroxylation is 2. The van der Waals surface area contributed by atoms with Gasteiger partial charge in [0.15, 0.2) is 11.5 Å². The fourth-order valence-corrected chi connectivity index (χ4v) is 2.47. The molecule has 0 saturated carbocycles. The summed E-state index contributed by atoms with van der Waals surface area (Å²) in [5.74, 6) is 0.362. The van der Waals surface area contributed by atoms with Gasteiger partial charge in [0.05, 0.1) is 0 Å². The number of rotatable bonds is 6. The van der Waals surface area contributed by atoms with Crippen molar-refractivity contribution >= 4 is 17.4 Å². The fraction of sp³-hybridized carbons (Fsp3) is 0.190. The first-order valence-corrected chi connectivity index (χ1v) is 8.67. The van der Waals surface area contributed by atoms with Crippen molar-refractivity contribution in [1.82, 2.24) is 15.5 Å². The third kappa shape index (κ3) is 4.66. The number of nitrogens with zero attached hydrogens (tertiary/aromatic N) is 2. The zero-order valence-electron chi connectivity index (χ0n) is 15.0. The summed E-state index contributed by atoms with van der Waals surface area (Å²) < 4.78 is 0. The number of benzene rings is 2. The van der Waals surface area contributed by atoms with Crippen LogP contribution in [0.15, 0.2) is 60.7 Å². The average Bonchev–Trinajstić information content (AvgIpc) is 2.68. The van der Waals surface area contributed by atoms with Gasteiger partial charge in [0.25, 0.3) is 5.91 Å². The molecule has 0 saturated heterocycles. The Morgan fingerprint density at radius 1 is 0.885 bits per heavy atom. The molecular weight excluding hydrogens is 324 g/mol. The van der Waals surface area contributed by atoms with Gasteiger partial charge in [0.1, 0.15) is 0 Å². The van der Waals surface area contributed by atoms with E-state index in [-0.39, 0.29) is 5.91 Å². The second-order valence-corrected chi connectivity index (χ2v) is 6.15. The maximum Gasteiger partial charge on any atom is 0.272 e. The predicted molar refractivity (Wildman–Crippen MR) is 103 cm³/mol. The highest BCUT2D eigenvalue weighted by Crippen LogP contribution is 2.15. The van der Waals surface area contributed by atoms with E-state index in [1.54, 1.807) is 12.1 Å². The molecule has 3 aromatic rings. The molecule has 0 aliphatic rings. The third-order valence-corrected chi connectivity index (χ3v) is 4.11. The monoisotopic (exact) mass is 346 g/mol. The van der Waals surface area contributed by atoms with Crippen molar-refractivity contribution in [1.29, 1.82) is 0 Å². The molecule has 0 fully saturated rings. The van der Waals surface area contributed by atoms with Crippen LogP contribution in [0.3, 0.4) is 0 Å². The van der Waals surface area contributed by atoms with Gasteiger partial charge in [-0.1, -0.05) is 48.9 Å². The van der Waals surface area contributed by atoms with Crippen LogP contribution in [0, 0.1) is 6.92 Å². The molecule has 0 aliphatic heterocycles. The number of aromatic nitrogens is 2. The van der Waals surface area contributed by atoms with E-state index in [2.05, 4.69) is 39.9 Å². The van der Waals surface area contributed by atoms with Crippen molar-refractivity contribution in [2.45, 2.75) is 26.8 Å². The lowest BCUT2D eigenvalue weighted by Crippen LogP contribution is -2.24. The first-order chi connectivity index (χ1) is 12.6. The third-order valence-electron chi connectivity index (χ3n) is 4.11. The van der Waals surface area contributed by atoms with Crippen molar-refractivity contribution in [3.8, 4) is 0 Å². The Labute approximate surface area is 153 Å². The maximum atomic E-state index is 12.2. The highest BCUT2D eigenvalue weighted by atomic mass is 16.1. The van der Waals surface area contributed by atoms with Crippen LogP contribution >= 0.6 is 0 Å². The van der Waals surface area contributed by atoms with Crippen molar-refractivity contribution in [3.05, 3.63) is 83.0 Å². The molecule has 0 spiro atoms. The van der Waals surface area contributed by atoms with Crippen molar-refractivity contribution < 1.29 is 4.79 Å². The second-order valence-electron chi connectivity index (χ2n) is 6.15. The Hall–Kier alpha value is -3.21.